The van der Waals surface area contributed by atoms with Crippen LogP contribution in [0.15, 0.2) is 71.6 Å². The summed E-state index contributed by atoms with van der Waals surface area (Å²) in [7, 11) is -3.99. The lowest BCUT2D eigenvalue weighted by atomic mass is 10.2. The van der Waals surface area contributed by atoms with Gasteiger partial charge in [-0.05, 0) is 86.1 Å². The summed E-state index contributed by atoms with van der Waals surface area (Å²) in [5.74, 6) is 0.783. The van der Waals surface area contributed by atoms with Crippen LogP contribution in [0.3, 0.4) is 0 Å². The van der Waals surface area contributed by atoms with E-state index in [9.17, 15) is 13.5 Å². The fraction of sp³-hybridized carbons (Fsp3) is 0.280. The minimum atomic E-state index is -3.99. The highest BCUT2D eigenvalue weighted by atomic mass is 35.5. The SMILES string of the molecule is O=S(=O)(c1cc(Cl)cc(Cl)c1)N(Cc1ccc(O)cc1)c1ccc(OCCN2CCCC2)cc1. The number of anilines is 1. The highest BCUT2D eigenvalue weighted by molar-refractivity contribution is 7.92. The second kappa shape index (κ2) is 10.9. The van der Waals surface area contributed by atoms with Gasteiger partial charge in [-0.2, -0.15) is 0 Å². The molecule has 0 aliphatic carbocycles. The Balaban J connectivity index is 1.58. The minimum absolute atomic E-state index is 0.00489. The molecule has 0 aromatic heterocycles. The monoisotopic (exact) mass is 520 g/mol. The van der Waals surface area contributed by atoms with Gasteiger partial charge in [-0.25, -0.2) is 8.42 Å². The Morgan fingerprint density at radius 2 is 1.53 bits per heavy atom. The summed E-state index contributed by atoms with van der Waals surface area (Å²) >= 11 is 12.2. The van der Waals surface area contributed by atoms with Crippen LogP contribution >= 0.6 is 23.2 Å². The maximum atomic E-state index is 13.6. The van der Waals surface area contributed by atoms with E-state index in [4.69, 9.17) is 27.9 Å². The molecule has 1 fully saturated rings. The van der Waals surface area contributed by atoms with Crippen molar-refractivity contribution in [1.82, 2.24) is 4.90 Å². The summed E-state index contributed by atoms with van der Waals surface area (Å²) in [5, 5.41) is 10.1. The molecular formula is C25H26Cl2N2O4S. The van der Waals surface area contributed by atoms with Crippen molar-refractivity contribution in [2.45, 2.75) is 24.3 Å². The summed E-state index contributed by atoms with van der Waals surface area (Å²) in [5.41, 5.74) is 1.18. The number of sulfonamides is 1. The third-order valence-electron chi connectivity index (χ3n) is 5.69. The Kier molecular flexibility index (Phi) is 7.88. The average molecular weight is 521 g/mol. The molecule has 1 heterocycles. The third kappa shape index (κ3) is 6.16. The van der Waals surface area contributed by atoms with Gasteiger partial charge < -0.3 is 9.84 Å². The number of likely N-dealkylation sites (tertiary alicyclic amines) is 1. The number of nitrogens with zero attached hydrogens (tertiary/aromatic N) is 2. The molecule has 180 valence electrons. The van der Waals surface area contributed by atoms with E-state index >= 15 is 0 Å². The molecule has 3 aromatic rings. The van der Waals surface area contributed by atoms with E-state index < -0.39 is 10.0 Å². The maximum absolute atomic E-state index is 13.6. The first-order valence-electron chi connectivity index (χ1n) is 11.0. The topological polar surface area (TPSA) is 70.1 Å². The second-order valence-electron chi connectivity index (χ2n) is 8.17. The first-order valence-corrected chi connectivity index (χ1v) is 13.2. The van der Waals surface area contributed by atoms with E-state index in [0.717, 1.165) is 19.6 Å². The van der Waals surface area contributed by atoms with Gasteiger partial charge in [0.25, 0.3) is 10.0 Å². The van der Waals surface area contributed by atoms with Crippen molar-refractivity contribution < 1.29 is 18.3 Å². The first-order chi connectivity index (χ1) is 16.3. The molecule has 0 bridgehead atoms. The predicted molar refractivity (Wildman–Crippen MR) is 136 cm³/mol. The quantitative estimate of drug-likeness (QED) is 0.399. The van der Waals surface area contributed by atoms with Gasteiger partial charge in [-0.15, -0.1) is 0 Å². The number of hydrogen-bond acceptors (Lipinski definition) is 5. The summed E-state index contributed by atoms with van der Waals surface area (Å²) in [6.45, 7) is 3.73. The molecule has 1 N–H and O–H groups in total. The fourth-order valence-corrected chi connectivity index (χ4v) is 6.07. The van der Waals surface area contributed by atoms with Crippen molar-refractivity contribution in [3.8, 4) is 11.5 Å². The van der Waals surface area contributed by atoms with E-state index in [1.165, 1.54) is 47.5 Å². The van der Waals surface area contributed by atoms with Gasteiger partial charge in [0.2, 0.25) is 0 Å². The van der Waals surface area contributed by atoms with Gasteiger partial charge in [-0.3, -0.25) is 9.21 Å². The van der Waals surface area contributed by atoms with Crippen molar-refractivity contribution >= 4 is 38.9 Å². The van der Waals surface area contributed by atoms with E-state index in [-0.39, 0.29) is 27.2 Å². The lowest BCUT2D eigenvalue weighted by Gasteiger charge is -2.25. The van der Waals surface area contributed by atoms with E-state index in [0.29, 0.717) is 23.6 Å². The number of rotatable bonds is 9. The van der Waals surface area contributed by atoms with Crippen LogP contribution in [0.25, 0.3) is 0 Å². The number of phenolic OH excluding ortho intramolecular Hbond substituents is 1. The maximum Gasteiger partial charge on any atom is 0.264 e. The zero-order valence-electron chi connectivity index (χ0n) is 18.5. The highest BCUT2D eigenvalue weighted by Crippen LogP contribution is 2.31. The molecule has 0 radical (unpaired) electrons. The van der Waals surface area contributed by atoms with Crippen LogP contribution in [0.4, 0.5) is 5.69 Å². The average Bonchev–Trinajstić information content (AvgIpc) is 3.32. The Morgan fingerprint density at radius 3 is 2.15 bits per heavy atom. The number of aromatic hydroxyl groups is 1. The van der Waals surface area contributed by atoms with Crippen LogP contribution in [0, 0.1) is 0 Å². The van der Waals surface area contributed by atoms with E-state index in [2.05, 4.69) is 4.90 Å². The molecule has 1 aliphatic heterocycles. The molecule has 34 heavy (non-hydrogen) atoms. The molecule has 0 atom stereocenters. The zero-order valence-corrected chi connectivity index (χ0v) is 20.9. The summed E-state index contributed by atoms with van der Waals surface area (Å²) in [4.78, 5) is 2.37. The smallest absolute Gasteiger partial charge is 0.264 e. The second-order valence-corrected chi connectivity index (χ2v) is 10.9. The molecular weight excluding hydrogens is 495 g/mol. The van der Waals surface area contributed by atoms with Gasteiger partial charge >= 0.3 is 0 Å². The van der Waals surface area contributed by atoms with Crippen LogP contribution < -0.4 is 9.04 Å². The summed E-state index contributed by atoms with van der Waals surface area (Å²) < 4.78 is 34.4. The highest BCUT2D eigenvalue weighted by Gasteiger charge is 2.26. The molecule has 0 saturated carbocycles. The lowest BCUT2D eigenvalue weighted by molar-refractivity contribution is 0.238. The molecule has 9 heteroatoms. The largest absolute Gasteiger partial charge is 0.508 e. The van der Waals surface area contributed by atoms with Crippen molar-refractivity contribution in [3.63, 3.8) is 0 Å². The van der Waals surface area contributed by atoms with Crippen LogP contribution in [-0.4, -0.2) is 44.7 Å². The number of hydrogen-bond donors (Lipinski definition) is 1. The van der Waals surface area contributed by atoms with Crippen LogP contribution in [-0.2, 0) is 16.6 Å². The van der Waals surface area contributed by atoms with E-state index in [1.54, 1.807) is 36.4 Å². The molecule has 4 rings (SSSR count). The Bertz CT molecular complexity index is 1190. The summed E-state index contributed by atoms with van der Waals surface area (Å²) in [6.07, 6.45) is 2.47. The predicted octanol–water partition coefficient (Wildman–Crippen LogP) is 5.57. The van der Waals surface area contributed by atoms with Crippen molar-refractivity contribution in [1.29, 1.82) is 0 Å². The molecule has 0 unspecified atom stereocenters. The van der Waals surface area contributed by atoms with Crippen molar-refractivity contribution in [2.24, 2.45) is 0 Å². The van der Waals surface area contributed by atoms with Gasteiger partial charge in [0.05, 0.1) is 17.1 Å². The Morgan fingerprint density at radius 1 is 0.912 bits per heavy atom. The zero-order chi connectivity index (χ0) is 24.1. The summed E-state index contributed by atoms with van der Waals surface area (Å²) in [6, 6.07) is 17.6. The molecule has 0 amide bonds. The van der Waals surface area contributed by atoms with Crippen LogP contribution in [0.5, 0.6) is 11.5 Å². The fourth-order valence-electron chi connectivity index (χ4n) is 3.89. The number of phenols is 1. The van der Waals surface area contributed by atoms with Gasteiger partial charge in [-0.1, -0.05) is 35.3 Å². The number of ether oxygens (including phenoxy) is 1. The van der Waals surface area contributed by atoms with Crippen LogP contribution in [0.2, 0.25) is 10.0 Å². The Hall–Kier alpha value is -2.45. The molecule has 1 saturated heterocycles. The molecule has 0 spiro atoms. The van der Waals surface area contributed by atoms with Gasteiger partial charge in [0.15, 0.2) is 0 Å². The number of halogens is 2. The standard InChI is InChI=1S/C25H26Cl2N2O4S/c26-20-15-21(27)17-25(16-20)34(31,32)29(18-19-3-7-23(30)8-4-19)22-5-9-24(10-6-22)33-14-13-28-11-1-2-12-28/h3-10,15-17,30H,1-2,11-14,18H2. The van der Waals surface area contributed by atoms with Gasteiger partial charge in [0.1, 0.15) is 18.1 Å². The molecule has 1 aliphatic rings. The minimum Gasteiger partial charge on any atom is -0.508 e. The first kappa shape index (κ1) is 24.7. The van der Waals surface area contributed by atoms with Crippen LogP contribution in [0.1, 0.15) is 18.4 Å². The van der Waals surface area contributed by atoms with Gasteiger partial charge in [0, 0.05) is 16.6 Å². The van der Waals surface area contributed by atoms with E-state index in [1.807, 2.05) is 0 Å². The lowest BCUT2D eigenvalue weighted by Crippen LogP contribution is -2.30. The normalized spacial score (nSPS) is 14.3. The Labute approximate surface area is 210 Å². The molecule has 3 aromatic carbocycles. The number of benzene rings is 3. The third-order valence-corrected chi connectivity index (χ3v) is 7.87. The molecule has 6 nitrogen and oxygen atoms in total. The van der Waals surface area contributed by atoms with Crippen molar-refractivity contribution in [2.75, 3.05) is 30.5 Å². The van der Waals surface area contributed by atoms with Crippen molar-refractivity contribution in [3.05, 3.63) is 82.3 Å².